The maximum Gasteiger partial charge on any atom is 0.305 e. The van der Waals surface area contributed by atoms with Crippen LogP contribution >= 0.6 is 0 Å². The van der Waals surface area contributed by atoms with Crippen LogP contribution in [0.25, 0.3) is 0 Å². The molecule has 442 valence electrons. The molecule has 0 rings (SSSR count). The number of aliphatic hydroxyl groups excluding tert-OH is 2. The second kappa shape index (κ2) is 64.6. The van der Waals surface area contributed by atoms with Gasteiger partial charge in [0.2, 0.25) is 5.91 Å². The van der Waals surface area contributed by atoms with Gasteiger partial charge in [-0.2, -0.15) is 0 Å². The summed E-state index contributed by atoms with van der Waals surface area (Å²) in [5.74, 6) is -0.0919. The highest BCUT2D eigenvalue weighted by Gasteiger charge is 2.18. The number of hydrogen-bond acceptors (Lipinski definition) is 5. The molecule has 0 aromatic rings. The van der Waals surface area contributed by atoms with Crippen molar-refractivity contribution < 1.29 is 24.5 Å². The van der Waals surface area contributed by atoms with Crippen molar-refractivity contribution >= 4 is 11.9 Å². The molecule has 3 N–H and O–H groups in total. The molecule has 0 bridgehead atoms. The Kier molecular flexibility index (Phi) is 63.0. The van der Waals surface area contributed by atoms with Crippen molar-refractivity contribution in [3.05, 3.63) is 36.5 Å². The summed E-state index contributed by atoms with van der Waals surface area (Å²) in [6.07, 6.45) is 82.0. The van der Waals surface area contributed by atoms with E-state index < -0.39 is 12.1 Å². The fourth-order valence-electron chi connectivity index (χ4n) is 10.5. The van der Waals surface area contributed by atoms with Crippen molar-refractivity contribution in [1.82, 2.24) is 5.32 Å². The van der Waals surface area contributed by atoms with Gasteiger partial charge >= 0.3 is 5.97 Å². The first-order valence-electron chi connectivity index (χ1n) is 33.8. The van der Waals surface area contributed by atoms with Gasteiger partial charge in [0.1, 0.15) is 0 Å². The molecule has 0 saturated heterocycles. The quantitative estimate of drug-likeness (QED) is 0.0320. The third kappa shape index (κ3) is 61.2. The Morgan fingerprint density at radius 3 is 1.01 bits per heavy atom. The molecule has 0 aliphatic rings. The van der Waals surface area contributed by atoms with Gasteiger partial charge in [0.05, 0.1) is 25.4 Å². The molecule has 0 radical (unpaired) electrons. The summed E-state index contributed by atoms with van der Waals surface area (Å²) in [5, 5.41) is 23.2. The lowest BCUT2D eigenvalue weighted by Crippen LogP contribution is -2.45. The number of carbonyl (C=O) groups is 2. The average molecular weight is 1050 g/mol. The van der Waals surface area contributed by atoms with E-state index in [1.165, 1.54) is 257 Å². The predicted octanol–water partition coefficient (Wildman–Crippen LogP) is 21.5. The highest BCUT2D eigenvalue weighted by Crippen LogP contribution is 2.18. The van der Waals surface area contributed by atoms with Crippen LogP contribution in [0.3, 0.4) is 0 Å². The number of esters is 1. The summed E-state index contributed by atoms with van der Waals surface area (Å²) in [4.78, 5) is 24.6. The van der Waals surface area contributed by atoms with E-state index in [0.29, 0.717) is 19.4 Å². The van der Waals surface area contributed by atoms with E-state index in [2.05, 4.69) is 43.5 Å². The zero-order chi connectivity index (χ0) is 54.3. The van der Waals surface area contributed by atoms with Gasteiger partial charge in [0.25, 0.3) is 0 Å². The molecule has 6 nitrogen and oxygen atoms in total. The largest absolute Gasteiger partial charge is 0.466 e. The Bertz CT molecular complexity index is 1210. The minimum absolute atomic E-state index is 0.0110. The van der Waals surface area contributed by atoms with E-state index in [1.54, 1.807) is 6.08 Å². The Morgan fingerprint density at radius 2 is 0.667 bits per heavy atom. The normalized spacial score (nSPS) is 12.7. The first-order valence-corrected chi connectivity index (χ1v) is 33.8. The van der Waals surface area contributed by atoms with Crippen LogP contribution < -0.4 is 5.32 Å². The molecule has 0 saturated carbocycles. The first-order chi connectivity index (χ1) is 37.0. The summed E-state index contributed by atoms with van der Waals surface area (Å²) in [6, 6.07) is -0.642. The molecule has 0 aromatic heterocycles. The molecule has 2 unspecified atom stereocenters. The molecule has 0 aliphatic carbocycles. The molecule has 1 amide bonds. The van der Waals surface area contributed by atoms with Crippen LogP contribution in [-0.4, -0.2) is 47.4 Å². The maximum absolute atomic E-state index is 12.5. The van der Waals surface area contributed by atoms with E-state index in [1.807, 2.05) is 6.08 Å². The van der Waals surface area contributed by atoms with E-state index in [9.17, 15) is 19.8 Å². The smallest absolute Gasteiger partial charge is 0.305 e. The lowest BCUT2D eigenvalue weighted by atomic mass is 10.0. The van der Waals surface area contributed by atoms with Crippen LogP contribution in [0.4, 0.5) is 0 Å². The molecule has 0 spiro atoms. The molecule has 0 heterocycles. The molecule has 6 heteroatoms. The van der Waals surface area contributed by atoms with Crippen molar-refractivity contribution in [3.63, 3.8) is 0 Å². The SMILES string of the molecule is CCCCCCCCCCCCCCCCCCCCCC/C=C/C(O)C(CO)NC(=O)CCCCCCCCC/C=C\C/C=C\CCCCCOC(=O)CCCCCCCCCCCCCCCCCCCCC. The summed E-state index contributed by atoms with van der Waals surface area (Å²) in [7, 11) is 0. The van der Waals surface area contributed by atoms with Crippen molar-refractivity contribution in [2.45, 2.75) is 379 Å². The second-order valence-electron chi connectivity index (χ2n) is 23.2. The first kappa shape index (κ1) is 73.1. The third-order valence-corrected chi connectivity index (χ3v) is 15.7. The van der Waals surface area contributed by atoms with Gasteiger partial charge in [-0.25, -0.2) is 0 Å². The zero-order valence-electron chi connectivity index (χ0n) is 50.5. The number of hydrogen-bond donors (Lipinski definition) is 3. The maximum atomic E-state index is 12.5. The predicted molar refractivity (Wildman–Crippen MR) is 329 cm³/mol. The molecule has 0 aromatic carbocycles. The summed E-state index contributed by atoms with van der Waals surface area (Å²) in [5.41, 5.74) is 0. The van der Waals surface area contributed by atoms with Gasteiger partial charge in [-0.05, 0) is 70.6 Å². The summed E-state index contributed by atoms with van der Waals surface area (Å²) in [6.45, 7) is 4.89. The minimum atomic E-state index is -0.857. The number of amides is 1. The molecular formula is C69H131NO5. The second-order valence-corrected chi connectivity index (χ2v) is 23.2. The number of nitrogens with one attached hydrogen (secondary N) is 1. The van der Waals surface area contributed by atoms with Crippen LogP contribution in [0.1, 0.15) is 367 Å². The van der Waals surface area contributed by atoms with Crippen LogP contribution in [-0.2, 0) is 14.3 Å². The van der Waals surface area contributed by atoms with E-state index >= 15 is 0 Å². The topological polar surface area (TPSA) is 95.9 Å². The van der Waals surface area contributed by atoms with Crippen LogP contribution in [0.15, 0.2) is 36.5 Å². The van der Waals surface area contributed by atoms with E-state index in [4.69, 9.17) is 4.74 Å². The number of ether oxygens (including phenoxy) is 1. The van der Waals surface area contributed by atoms with Gasteiger partial charge in [0, 0.05) is 12.8 Å². The Morgan fingerprint density at radius 1 is 0.373 bits per heavy atom. The molecule has 0 fully saturated rings. The number of aliphatic hydroxyl groups is 2. The Labute approximate surface area is 468 Å². The fourth-order valence-corrected chi connectivity index (χ4v) is 10.5. The van der Waals surface area contributed by atoms with Crippen LogP contribution in [0.2, 0.25) is 0 Å². The summed E-state index contributed by atoms with van der Waals surface area (Å²) < 4.78 is 5.48. The number of rotatable bonds is 63. The highest BCUT2D eigenvalue weighted by molar-refractivity contribution is 5.76. The standard InChI is InChI=1S/C69H131NO5/c1-3-5-7-9-11-13-15-17-19-21-23-24-25-27-29-33-37-41-45-49-53-57-61-67(72)66(65-71)70-68(73)62-58-54-50-46-42-38-34-30-28-32-36-40-44-48-52-56-60-64-75-69(74)63-59-55-51-47-43-39-35-31-26-22-20-18-16-14-12-10-8-6-4-2/h28,32,40,44,57,61,66-67,71-72H,3-27,29-31,33-39,41-43,45-56,58-60,62-65H2,1-2H3,(H,70,73)/b32-28-,44-40-,61-57+. The molecular weight excluding hydrogens is 923 g/mol. The third-order valence-electron chi connectivity index (χ3n) is 15.7. The fraction of sp³-hybridized carbons (Fsp3) is 0.884. The molecule has 2 atom stereocenters. The lowest BCUT2D eigenvalue weighted by molar-refractivity contribution is -0.143. The van der Waals surface area contributed by atoms with Gasteiger partial charge in [-0.15, -0.1) is 0 Å². The van der Waals surface area contributed by atoms with Gasteiger partial charge in [-0.1, -0.05) is 320 Å². The average Bonchev–Trinajstić information content (AvgIpc) is 3.41. The van der Waals surface area contributed by atoms with Crippen molar-refractivity contribution in [3.8, 4) is 0 Å². The van der Waals surface area contributed by atoms with Crippen LogP contribution in [0, 0.1) is 0 Å². The highest BCUT2D eigenvalue weighted by atomic mass is 16.5. The Balaban J connectivity index is 3.49. The molecule has 75 heavy (non-hydrogen) atoms. The van der Waals surface area contributed by atoms with Gasteiger partial charge in [-0.3, -0.25) is 9.59 Å². The van der Waals surface area contributed by atoms with Crippen LogP contribution in [0.5, 0.6) is 0 Å². The number of carbonyl (C=O) groups excluding carboxylic acids is 2. The zero-order valence-corrected chi connectivity index (χ0v) is 50.5. The lowest BCUT2D eigenvalue weighted by Gasteiger charge is -2.20. The monoisotopic (exact) mass is 1050 g/mol. The van der Waals surface area contributed by atoms with Crippen molar-refractivity contribution in [2.24, 2.45) is 0 Å². The van der Waals surface area contributed by atoms with Crippen molar-refractivity contribution in [1.29, 1.82) is 0 Å². The van der Waals surface area contributed by atoms with Gasteiger partial charge in [0.15, 0.2) is 0 Å². The van der Waals surface area contributed by atoms with Gasteiger partial charge < -0.3 is 20.3 Å². The minimum Gasteiger partial charge on any atom is -0.466 e. The van der Waals surface area contributed by atoms with Crippen molar-refractivity contribution in [2.75, 3.05) is 13.2 Å². The van der Waals surface area contributed by atoms with E-state index in [-0.39, 0.29) is 18.5 Å². The number of unbranched alkanes of at least 4 members (excludes halogenated alkanes) is 48. The Hall–Kier alpha value is -1.92. The molecule has 0 aliphatic heterocycles. The van der Waals surface area contributed by atoms with E-state index in [0.717, 1.165) is 83.5 Å². The summed E-state index contributed by atoms with van der Waals surface area (Å²) >= 11 is 0. The number of allylic oxidation sites excluding steroid dienone is 5.